The molecule has 174 valence electrons. The first-order valence-corrected chi connectivity index (χ1v) is 10.4. The van der Waals surface area contributed by atoms with Gasteiger partial charge in [0.15, 0.2) is 12.4 Å². The fourth-order valence-corrected chi connectivity index (χ4v) is 3.20. The highest BCUT2D eigenvalue weighted by Gasteiger charge is 2.29. The maximum Gasteiger partial charge on any atom is 0.416 e. The summed E-state index contributed by atoms with van der Waals surface area (Å²) in [6.45, 7) is -0.0136. The summed E-state index contributed by atoms with van der Waals surface area (Å²) in [7, 11) is 0. The number of carbonyl (C=O) groups excluding carboxylic acids is 1. The topological polar surface area (TPSA) is 61.0 Å². The van der Waals surface area contributed by atoms with E-state index in [0.29, 0.717) is 34.6 Å². The van der Waals surface area contributed by atoms with E-state index in [0.717, 1.165) is 17.5 Å². The summed E-state index contributed by atoms with van der Waals surface area (Å²) < 4.78 is 49.1. The van der Waals surface area contributed by atoms with Gasteiger partial charge < -0.3 is 14.0 Å². The molecule has 0 saturated carbocycles. The van der Waals surface area contributed by atoms with E-state index >= 15 is 0 Å². The van der Waals surface area contributed by atoms with E-state index in [9.17, 15) is 18.0 Å². The van der Waals surface area contributed by atoms with Crippen molar-refractivity contribution in [2.45, 2.75) is 19.2 Å². The molecule has 0 aliphatic rings. The number of furan rings is 1. The van der Waals surface area contributed by atoms with Gasteiger partial charge in [0.2, 0.25) is 0 Å². The molecular formula is C26H20F3NO4. The lowest BCUT2D eigenvalue weighted by Gasteiger charge is -2.06. The van der Waals surface area contributed by atoms with Gasteiger partial charge >= 0.3 is 6.18 Å². The minimum Gasteiger partial charge on any atom is -0.485 e. The Morgan fingerprint density at radius 3 is 2.47 bits per heavy atom. The molecule has 0 saturated heterocycles. The summed E-state index contributed by atoms with van der Waals surface area (Å²) >= 11 is 0. The Labute approximate surface area is 193 Å². The standard InChI is InChI=1S/C26H20F3NO4/c27-26(28,29)21-8-6-18(7-9-21)16-33-30-13-12-23-15-20-14-22(10-11-25(20)34-23)32-17-24(31)19-4-2-1-3-5-19/h1-11,13-15H,12,16-17H2. The molecule has 4 rings (SSSR count). The molecule has 5 nitrogen and oxygen atoms in total. The number of nitrogens with zero attached hydrogens (tertiary/aromatic N) is 1. The fraction of sp³-hybridized carbons (Fsp3) is 0.154. The lowest BCUT2D eigenvalue weighted by atomic mass is 10.1. The summed E-state index contributed by atoms with van der Waals surface area (Å²) in [6, 6.07) is 20.8. The molecule has 4 aromatic rings. The summed E-state index contributed by atoms with van der Waals surface area (Å²) in [5.41, 5.74) is 1.12. The highest BCUT2D eigenvalue weighted by Crippen LogP contribution is 2.29. The van der Waals surface area contributed by atoms with Crippen LogP contribution in [-0.2, 0) is 24.0 Å². The van der Waals surface area contributed by atoms with E-state index in [1.165, 1.54) is 18.3 Å². The summed E-state index contributed by atoms with van der Waals surface area (Å²) in [6.07, 6.45) is -2.49. The largest absolute Gasteiger partial charge is 0.485 e. The average molecular weight is 467 g/mol. The molecule has 0 spiro atoms. The van der Waals surface area contributed by atoms with Crippen molar-refractivity contribution < 1.29 is 32.0 Å². The molecule has 0 atom stereocenters. The summed E-state index contributed by atoms with van der Waals surface area (Å²) in [5, 5.41) is 4.65. The van der Waals surface area contributed by atoms with Gasteiger partial charge in [-0.25, -0.2) is 0 Å². The molecule has 0 bridgehead atoms. The first kappa shape index (κ1) is 23.1. The molecule has 0 radical (unpaired) electrons. The van der Waals surface area contributed by atoms with Gasteiger partial charge in [-0.3, -0.25) is 4.79 Å². The van der Waals surface area contributed by atoms with Crippen molar-refractivity contribution in [3.63, 3.8) is 0 Å². The molecule has 0 fully saturated rings. The average Bonchev–Trinajstić information content (AvgIpc) is 3.24. The van der Waals surface area contributed by atoms with E-state index in [1.807, 2.05) is 12.1 Å². The first-order valence-electron chi connectivity index (χ1n) is 10.4. The van der Waals surface area contributed by atoms with Crippen LogP contribution >= 0.6 is 0 Å². The van der Waals surface area contributed by atoms with Gasteiger partial charge in [0.25, 0.3) is 0 Å². The van der Waals surface area contributed by atoms with Crippen molar-refractivity contribution in [2.24, 2.45) is 5.16 Å². The number of hydrogen-bond acceptors (Lipinski definition) is 5. The lowest BCUT2D eigenvalue weighted by Crippen LogP contribution is -2.11. The fourth-order valence-electron chi connectivity index (χ4n) is 3.20. The van der Waals surface area contributed by atoms with Crippen LogP contribution in [0.4, 0.5) is 13.2 Å². The van der Waals surface area contributed by atoms with E-state index in [2.05, 4.69) is 5.16 Å². The third-order valence-electron chi connectivity index (χ3n) is 4.96. The highest BCUT2D eigenvalue weighted by molar-refractivity contribution is 5.97. The molecule has 34 heavy (non-hydrogen) atoms. The second-order valence-corrected chi connectivity index (χ2v) is 7.45. The van der Waals surface area contributed by atoms with E-state index < -0.39 is 11.7 Å². The van der Waals surface area contributed by atoms with Gasteiger partial charge in [0.05, 0.1) is 11.8 Å². The van der Waals surface area contributed by atoms with Crippen molar-refractivity contribution in [1.29, 1.82) is 0 Å². The van der Waals surface area contributed by atoms with Crippen molar-refractivity contribution in [2.75, 3.05) is 6.61 Å². The van der Waals surface area contributed by atoms with Crippen LogP contribution in [0.25, 0.3) is 11.0 Å². The number of hydrogen-bond donors (Lipinski definition) is 0. The molecule has 3 aromatic carbocycles. The molecular weight excluding hydrogens is 447 g/mol. The second kappa shape index (κ2) is 10.2. The quantitative estimate of drug-likeness (QED) is 0.161. The molecule has 0 aliphatic carbocycles. The molecule has 0 unspecified atom stereocenters. The predicted molar refractivity (Wildman–Crippen MR) is 121 cm³/mol. The molecule has 8 heteroatoms. The predicted octanol–water partition coefficient (Wildman–Crippen LogP) is 6.46. The van der Waals surface area contributed by atoms with Crippen molar-refractivity contribution in [3.8, 4) is 5.75 Å². The Morgan fingerprint density at radius 2 is 1.74 bits per heavy atom. The maximum absolute atomic E-state index is 12.6. The molecule has 0 amide bonds. The van der Waals surface area contributed by atoms with E-state index in [4.69, 9.17) is 14.0 Å². The second-order valence-electron chi connectivity index (χ2n) is 7.45. The third kappa shape index (κ3) is 6.04. The van der Waals surface area contributed by atoms with Crippen LogP contribution < -0.4 is 4.74 Å². The van der Waals surface area contributed by atoms with Gasteiger partial charge in [-0.1, -0.05) is 47.6 Å². The number of benzene rings is 3. The number of ketones is 1. The maximum atomic E-state index is 12.6. The van der Waals surface area contributed by atoms with Crippen LogP contribution in [0.15, 0.2) is 88.4 Å². The first-order chi connectivity index (χ1) is 16.4. The Morgan fingerprint density at radius 1 is 0.971 bits per heavy atom. The van der Waals surface area contributed by atoms with Crippen LogP contribution in [-0.4, -0.2) is 18.6 Å². The van der Waals surface area contributed by atoms with E-state index in [1.54, 1.807) is 42.5 Å². The number of Topliss-reactive ketones (excluding diaryl/α,β-unsaturated/α-hetero) is 1. The Bertz CT molecular complexity index is 1280. The number of fused-ring (bicyclic) bond motifs is 1. The van der Waals surface area contributed by atoms with Crippen LogP contribution in [0.1, 0.15) is 27.2 Å². The highest BCUT2D eigenvalue weighted by atomic mass is 19.4. The zero-order valence-electron chi connectivity index (χ0n) is 17.9. The normalized spacial score (nSPS) is 11.7. The minimum absolute atomic E-state index is 0.0527. The number of ether oxygens (including phenoxy) is 1. The third-order valence-corrected chi connectivity index (χ3v) is 4.96. The lowest BCUT2D eigenvalue weighted by molar-refractivity contribution is -0.137. The van der Waals surface area contributed by atoms with Gasteiger partial charge in [-0.05, 0) is 42.0 Å². The smallest absolute Gasteiger partial charge is 0.416 e. The Kier molecular flexibility index (Phi) is 6.96. The minimum atomic E-state index is -4.36. The van der Waals surface area contributed by atoms with Gasteiger partial charge in [-0.15, -0.1) is 0 Å². The number of oxime groups is 1. The number of alkyl halides is 3. The van der Waals surface area contributed by atoms with Crippen molar-refractivity contribution >= 4 is 23.0 Å². The van der Waals surface area contributed by atoms with Crippen LogP contribution in [0.3, 0.4) is 0 Å². The molecule has 0 aliphatic heterocycles. The number of halogens is 3. The van der Waals surface area contributed by atoms with Crippen molar-refractivity contribution in [1.82, 2.24) is 0 Å². The number of carbonyl (C=O) groups is 1. The zero-order chi connectivity index (χ0) is 24.0. The van der Waals surface area contributed by atoms with E-state index in [-0.39, 0.29) is 19.0 Å². The van der Waals surface area contributed by atoms with Crippen LogP contribution in [0.2, 0.25) is 0 Å². The van der Waals surface area contributed by atoms with Gasteiger partial charge in [0.1, 0.15) is 23.7 Å². The van der Waals surface area contributed by atoms with Crippen molar-refractivity contribution in [3.05, 3.63) is 101 Å². The number of rotatable bonds is 9. The zero-order valence-corrected chi connectivity index (χ0v) is 17.9. The van der Waals surface area contributed by atoms with Crippen LogP contribution in [0, 0.1) is 0 Å². The molecule has 1 aromatic heterocycles. The monoisotopic (exact) mass is 467 g/mol. The van der Waals surface area contributed by atoms with Gasteiger partial charge in [0, 0.05) is 17.4 Å². The summed E-state index contributed by atoms with van der Waals surface area (Å²) in [4.78, 5) is 17.3. The Balaban J connectivity index is 1.27. The Hall–Kier alpha value is -4.07. The summed E-state index contributed by atoms with van der Waals surface area (Å²) in [5.74, 6) is 1.09. The molecule has 0 N–H and O–H groups in total. The SMILES string of the molecule is O=C(COc1ccc2oc(CC=NOCc3ccc(C(F)(F)F)cc3)cc2c1)c1ccccc1. The van der Waals surface area contributed by atoms with Crippen LogP contribution in [0.5, 0.6) is 5.75 Å². The van der Waals surface area contributed by atoms with Gasteiger partial charge in [-0.2, -0.15) is 13.2 Å². The molecule has 1 heterocycles.